The first-order chi connectivity index (χ1) is 30.3. The lowest BCUT2D eigenvalue weighted by atomic mass is 9.73. The molecular weight excluding hydrogens is 825 g/mol. The van der Waals surface area contributed by atoms with Gasteiger partial charge in [0.05, 0.1) is 42.8 Å². The Hall–Kier alpha value is -4.42. The van der Waals surface area contributed by atoms with Crippen LogP contribution >= 0.6 is 0 Å². The molecule has 2 aromatic rings. The molecule has 17 nitrogen and oxygen atoms in total. The minimum Gasteiger partial charge on any atom is -0.458 e. The van der Waals surface area contributed by atoms with Gasteiger partial charge in [-0.25, -0.2) is 14.6 Å². The van der Waals surface area contributed by atoms with Gasteiger partial charge in [-0.15, -0.1) is 0 Å². The monoisotopic (exact) mass is 895 g/mol. The topological polar surface area (TPSA) is 193 Å². The molecule has 354 valence electrons. The number of aliphatic hydroxyl groups excluding tert-OH is 1. The Labute approximate surface area is 377 Å². The lowest BCUT2D eigenvalue weighted by Crippen LogP contribution is -2.61. The summed E-state index contributed by atoms with van der Waals surface area (Å²) in [6, 6.07) is 2.66. The van der Waals surface area contributed by atoms with Crippen molar-refractivity contribution in [2.24, 2.45) is 23.7 Å². The molecule has 0 radical (unpaired) electrons. The molecule has 64 heavy (non-hydrogen) atoms. The van der Waals surface area contributed by atoms with E-state index in [4.69, 9.17) is 28.4 Å². The average molecular weight is 895 g/mol. The molecule has 2 aromatic heterocycles. The number of esters is 1. The van der Waals surface area contributed by atoms with Gasteiger partial charge in [-0.2, -0.15) is 0 Å². The molecular formula is C47H70N6O11. The van der Waals surface area contributed by atoms with Crippen molar-refractivity contribution in [3.63, 3.8) is 0 Å². The number of unbranched alkanes of at least 4 members (excludes halogenated alkanes) is 1. The number of hydrogen-bond acceptors (Lipinski definition) is 14. The molecule has 4 saturated heterocycles. The number of nitrogens with one attached hydrogen (secondary N) is 1. The molecule has 2 N–H and O–H groups in total. The first-order valence-electron chi connectivity index (χ1n) is 22.8. The van der Waals surface area contributed by atoms with E-state index in [9.17, 15) is 19.5 Å². The normalized spacial score (nSPS) is 36.9. The smallest absolute Gasteiger partial charge is 0.410 e. The van der Waals surface area contributed by atoms with Crippen LogP contribution < -0.4 is 5.32 Å². The van der Waals surface area contributed by atoms with Crippen LogP contribution in [0.5, 0.6) is 0 Å². The van der Waals surface area contributed by atoms with Gasteiger partial charge in [-0.05, 0) is 91.6 Å². The molecule has 0 aromatic carbocycles. The highest BCUT2D eigenvalue weighted by molar-refractivity contribution is 5.85. The fraction of sp³-hybridized carbons (Fsp3) is 0.702. The molecule has 4 aliphatic heterocycles. The molecule has 4 fully saturated rings. The van der Waals surface area contributed by atoms with Crippen molar-refractivity contribution < 1.29 is 52.7 Å². The third-order valence-corrected chi connectivity index (χ3v) is 13.8. The summed E-state index contributed by atoms with van der Waals surface area (Å²) in [6.45, 7) is 19.3. The number of aryl methyl sites for hydroxylation is 1. The number of imidazole rings is 1. The second-order valence-electron chi connectivity index (χ2n) is 19.1. The maximum absolute atomic E-state index is 15.0. The van der Waals surface area contributed by atoms with E-state index in [1.54, 1.807) is 58.2 Å². The Morgan fingerprint density at radius 1 is 1.05 bits per heavy atom. The van der Waals surface area contributed by atoms with E-state index in [2.05, 4.69) is 21.9 Å². The molecule has 17 heteroatoms. The van der Waals surface area contributed by atoms with Gasteiger partial charge in [0.25, 0.3) is 0 Å². The number of aliphatic hydroxyl groups is 1. The summed E-state index contributed by atoms with van der Waals surface area (Å²) < 4.78 is 40.7. The van der Waals surface area contributed by atoms with E-state index in [0.717, 1.165) is 11.3 Å². The summed E-state index contributed by atoms with van der Waals surface area (Å²) >= 11 is 0. The van der Waals surface area contributed by atoms with Crippen LogP contribution in [0, 0.1) is 23.7 Å². The van der Waals surface area contributed by atoms with Gasteiger partial charge >= 0.3 is 18.2 Å². The zero-order chi connectivity index (χ0) is 46.7. The quantitative estimate of drug-likeness (QED) is 0.133. The lowest BCUT2D eigenvalue weighted by Gasteiger charge is -2.48. The minimum absolute atomic E-state index is 0.0128. The van der Waals surface area contributed by atoms with E-state index in [-0.39, 0.29) is 50.5 Å². The molecule has 0 aliphatic carbocycles. The standard InChI is InChI=1S/C47H70N6O11/c1-12-36-47(9)40(53(45(58)64-47)19-14-13-18-52-24-34(50-26-52)33-16-15-17-48-23-33)30(5)37(54)28(3)21-46(8)41(62-43-38(55)35(51(10)11)20-29(4)60-43)31(6)39(32(7)42(56)61-36)59-25-27(2)22-49-44(57)63-46/h15-17,23-24,26,28-32,35-36,38-41,43,55H,2,12-14,18-22,25H2,1,3-11H3,(H,49,57)/t28-,29-,30+,31+,32-,35+,36-,38-,39+,40+,41-,43+,46-,47-/m1/s1. The van der Waals surface area contributed by atoms with E-state index < -0.39 is 89.8 Å². The predicted molar refractivity (Wildman–Crippen MR) is 236 cm³/mol. The van der Waals surface area contributed by atoms with E-state index in [1.165, 1.54) is 0 Å². The van der Waals surface area contributed by atoms with Crippen LogP contribution in [0.15, 0.2) is 49.2 Å². The number of hydrogen-bond donors (Lipinski definition) is 2. The van der Waals surface area contributed by atoms with Crippen LogP contribution in [0.1, 0.15) is 87.5 Å². The number of aromatic nitrogens is 3. The Bertz CT molecular complexity index is 1960. The first kappa shape index (κ1) is 49.0. The lowest BCUT2D eigenvalue weighted by molar-refractivity contribution is -0.299. The van der Waals surface area contributed by atoms with E-state index in [0.29, 0.717) is 31.4 Å². The van der Waals surface area contributed by atoms with E-state index in [1.807, 2.05) is 62.7 Å². The summed E-state index contributed by atoms with van der Waals surface area (Å²) in [5, 5.41) is 14.5. The number of rotatable bonds is 10. The number of carbonyl (C=O) groups is 4. The zero-order valence-electron chi connectivity index (χ0n) is 39.2. The van der Waals surface area contributed by atoms with Gasteiger partial charge in [-0.3, -0.25) is 14.6 Å². The second kappa shape index (κ2) is 20.4. The molecule has 4 aliphatic rings. The molecule has 14 atom stereocenters. The highest BCUT2D eigenvalue weighted by Crippen LogP contribution is 2.44. The van der Waals surface area contributed by atoms with Crippen LogP contribution in [0.3, 0.4) is 0 Å². The summed E-state index contributed by atoms with van der Waals surface area (Å²) in [4.78, 5) is 69.7. The number of pyridine rings is 1. The molecule has 0 spiro atoms. The molecule has 2 amide bonds. The molecule has 0 saturated carbocycles. The van der Waals surface area contributed by atoms with Gasteiger partial charge in [0.15, 0.2) is 11.9 Å². The van der Waals surface area contributed by atoms with Crippen molar-refractivity contribution in [2.45, 2.75) is 154 Å². The maximum atomic E-state index is 15.0. The van der Waals surface area contributed by atoms with Crippen molar-refractivity contribution in [1.82, 2.24) is 29.7 Å². The highest BCUT2D eigenvalue weighted by atomic mass is 16.7. The maximum Gasteiger partial charge on any atom is 0.410 e. The number of alkyl carbamates (subject to hydrolysis) is 1. The Morgan fingerprint density at radius 2 is 1.78 bits per heavy atom. The number of ether oxygens (including phenoxy) is 6. The van der Waals surface area contributed by atoms with Crippen molar-refractivity contribution in [2.75, 3.05) is 33.8 Å². The number of fused-ring (bicyclic) bond motifs is 4. The Kier molecular flexibility index (Phi) is 15.6. The molecule has 2 bridgehead atoms. The van der Waals surface area contributed by atoms with Gasteiger partial charge in [0.2, 0.25) is 0 Å². The van der Waals surface area contributed by atoms with E-state index >= 15 is 4.79 Å². The van der Waals surface area contributed by atoms with Gasteiger partial charge < -0.3 is 53.2 Å². The van der Waals surface area contributed by atoms with Crippen molar-refractivity contribution in [1.29, 1.82) is 0 Å². The van der Waals surface area contributed by atoms with Gasteiger partial charge in [-0.1, -0.05) is 34.3 Å². The summed E-state index contributed by atoms with van der Waals surface area (Å²) in [5.41, 5.74) is -0.743. The van der Waals surface area contributed by atoms with Crippen molar-refractivity contribution in [3.05, 3.63) is 49.2 Å². The third-order valence-electron chi connectivity index (χ3n) is 13.8. The zero-order valence-corrected chi connectivity index (χ0v) is 39.2. The van der Waals surface area contributed by atoms with Crippen LogP contribution in [0.4, 0.5) is 9.59 Å². The fourth-order valence-corrected chi connectivity index (χ4v) is 10.5. The van der Waals surface area contributed by atoms with Crippen LogP contribution in [-0.2, 0) is 44.6 Å². The SMILES string of the molecule is C=C1CNC(=O)O[C@]2(C)C[C@@H](C)C(=O)[C@H](C)[C@@H]3N(CCCCn4cnc(-c5cccnc5)c4)C(=O)O[C@]3(C)[C@@H](CC)OC(=O)[C@H](C)[C@@H](OC1)[C@H](C)[C@H]2O[C@@H]1O[C@H](C)C[C@H](N(C)C)[C@H]1O. The number of carbonyl (C=O) groups excluding carboxylic acids is 4. The summed E-state index contributed by atoms with van der Waals surface area (Å²) in [5.74, 6) is -4.08. The van der Waals surface area contributed by atoms with Crippen LogP contribution in [0.2, 0.25) is 0 Å². The number of likely N-dealkylation sites (N-methyl/N-ethyl adjacent to an activating group) is 1. The average Bonchev–Trinajstić information content (AvgIpc) is 3.83. The molecule has 0 unspecified atom stereocenters. The van der Waals surface area contributed by atoms with Crippen molar-refractivity contribution in [3.8, 4) is 11.3 Å². The number of cyclic esters (lactones) is 1. The van der Waals surface area contributed by atoms with Crippen LogP contribution in [0.25, 0.3) is 11.3 Å². The second-order valence-corrected chi connectivity index (χ2v) is 19.1. The third kappa shape index (κ3) is 10.5. The number of nitrogens with zero attached hydrogens (tertiary/aromatic N) is 5. The van der Waals surface area contributed by atoms with Gasteiger partial charge in [0.1, 0.15) is 29.7 Å². The fourth-order valence-electron chi connectivity index (χ4n) is 10.5. The van der Waals surface area contributed by atoms with Crippen molar-refractivity contribution >= 4 is 23.9 Å². The Balaban J connectivity index is 1.35. The van der Waals surface area contributed by atoms with Crippen LogP contribution in [-0.4, -0.2) is 147 Å². The predicted octanol–water partition coefficient (Wildman–Crippen LogP) is 5.39. The summed E-state index contributed by atoms with van der Waals surface area (Å²) in [7, 11) is 3.75. The highest BCUT2D eigenvalue weighted by Gasteiger charge is 2.60. The number of amides is 2. The summed E-state index contributed by atoms with van der Waals surface area (Å²) in [6.07, 6.45) is 2.40. The Morgan fingerprint density at radius 3 is 2.47 bits per heavy atom. The molecule has 6 rings (SSSR count). The number of Topliss-reactive ketones (excluding diaryl/α,β-unsaturated/α-hetero) is 1. The largest absolute Gasteiger partial charge is 0.458 e. The first-order valence-corrected chi connectivity index (χ1v) is 22.8. The minimum atomic E-state index is -1.57. The van der Waals surface area contributed by atoms with Gasteiger partial charge in [0, 0.05) is 67.6 Å². The molecule has 6 heterocycles. The number of ketones is 1.